The van der Waals surface area contributed by atoms with Gasteiger partial charge in [-0.2, -0.15) is 5.10 Å². The second kappa shape index (κ2) is 8.78. The van der Waals surface area contributed by atoms with E-state index in [-0.39, 0.29) is 0 Å². The number of hydrogen-bond donors (Lipinski definition) is 2. The molecule has 5 nitrogen and oxygen atoms in total. The Labute approximate surface area is 195 Å². The van der Waals surface area contributed by atoms with Gasteiger partial charge in [-0.05, 0) is 72.2 Å². The molecule has 0 atom stereocenters. The molecule has 2 heterocycles. The lowest BCUT2D eigenvalue weighted by atomic mass is 10.0. The molecule has 156 valence electrons. The Kier molecular flexibility index (Phi) is 5.54. The molecule has 0 aliphatic rings. The Morgan fingerprint density at radius 3 is 2.44 bits per heavy atom. The number of pyridine rings is 1. The van der Waals surface area contributed by atoms with Gasteiger partial charge in [0.25, 0.3) is 0 Å². The van der Waals surface area contributed by atoms with Gasteiger partial charge in [-0.1, -0.05) is 35.9 Å². The first-order valence-electron chi connectivity index (χ1n) is 9.99. The summed E-state index contributed by atoms with van der Waals surface area (Å²) in [5.74, 6) is 0. The summed E-state index contributed by atoms with van der Waals surface area (Å²) in [6, 6.07) is 25.6. The largest absolute Gasteiger partial charge is 0.332 e. The van der Waals surface area contributed by atoms with Gasteiger partial charge in [-0.25, -0.2) is 4.68 Å². The molecule has 0 spiro atoms. The Morgan fingerprint density at radius 2 is 1.62 bits per heavy atom. The van der Waals surface area contributed by atoms with Crippen molar-refractivity contribution in [3.8, 4) is 16.9 Å². The van der Waals surface area contributed by atoms with Crippen molar-refractivity contribution < 1.29 is 0 Å². The minimum atomic E-state index is 0.482. The van der Waals surface area contributed by atoms with Crippen LogP contribution in [-0.4, -0.2) is 19.9 Å². The normalized spacial score (nSPS) is 10.8. The number of anilines is 2. The first kappa shape index (κ1) is 20.2. The van der Waals surface area contributed by atoms with Gasteiger partial charge in [-0.15, -0.1) is 0 Å². The highest BCUT2D eigenvalue weighted by Gasteiger charge is 2.11. The molecule has 3 aromatic carbocycles. The van der Waals surface area contributed by atoms with E-state index in [1.54, 1.807) is 17.1 Å². The molecule has 2 N–H and O–H groups in total. The highest BCUT2D eigenvalue weighted by molar-refractivity contribution is 7.80. The van der Waals surface area contributed by atoms with Gasteiger partial charge in [0.15, 0.2) is 5.11 Å². The molecule has 32 heavy (non-hydrogen) atoms. The van der Waals surface area contributed by atoms with E-state index >= 15 is 0 Å². The number of nitrogens with one attached hydrogen (secondary N) is 2. The minimum Gasteiger partial charge on any atom is -0.332 e. The molecule has 0 unspecified atom stereocenters. The van der Waals surface area contributed by atoms with Crippen LogP contribution in [0.25, 0.3) is 27.7 Å². The number of rotatable bonds is 4. The van der Waals surface area contributed by atoms with E-state index in [1.807, 2.05) is 79.0 Å². The number of thiocarbonyl (C=S) groups is 1. The van der Waals surface area contributed by atoms with Crippen LogP contribution in [0.3, 0.4) is 0 Å². The maximum atomic E-state index is 6.53. The second-order valence-corrected chi connectivity index (χ2v) is 7.97. The zero-order chi connectivity index (χ0) is 21.9. The third-order valence-electron chi connectivity index (χ3n) is 5.05. The Hall–Kier alpha value is -3.74. The van der Waals surface area contributed by atoms with Gasteiger partial charge in [0.05, 0.1) is 16.4 Å². The predicted molar refractivity (Wildman–Crippen MR) is 136 cm³/mol. The Morgan fingerprint density at radius 1 is 0.844 bits per heavy atom. The highest BCUT2D eigenvalue weighted by Crippen LogP contribution is 2.33. The maximum absolute atomic E-state index is 6.53. The first-order valence-corrected chi connectivity index (χ1v) is 10.8. The van der Waals surface area contributed by atoms with Crippen LogP contribution in [0.2, 0.25) is 5.02 Å². The van der Waals surface area contributed by atoms with Crippen molar-refractivity contribution in [2.45, 2.75) is 0 Å². The summed E-state index contributed by atoms with van der Waals surface area (Å²) >= 11 is 12.0. The predicted octanol–water partition coefficient (Wildman–Crippen LogP) is 6.55. The topological polar surface area (TPSA) is 54.8 Å². The molecular weight excluding hydrogens is 438 g/mol. The molecule has 0 aliphatic heterocycles. The molecule has 7 heteroatoms. The number of nitrogens with zero attached hydrogens (tertiary/aromatic N) is 3. The molecule has 0 fully saturated rings. The summed E-state index contributed by atoms with van der Waals surface area (Å²) in [6.45, 7) is 0. The van der Waals surface area contributed by atoms with Crippen LogP contribution in [0.1, 0.15) is 0 Å². The maximum Gasteiger partial charge on any atom is 0.175 e. The van der Waals surface area contributed by atoms with Crippen LogP contribution >= 0.6 is 23.8 Å². The molecule has 0 bridgehead atoms. The van der Waals surface area contributed by atoms with Crippen molar-refractivity contribution in [3.63, 3.8) is 0 Å². The first-order chi connectivity index (χ1) is 15.7. The Balaban J connectivity index is 1.35. The fourth-order valence-electron chi connectivity index (χ4n) is 3.53. The van der Waals surface area contributed by atoms with E-state index in [2.05, 4.69) is 26.8 Å². The highest BCUT2D eigenvalue weighted by atomic mass is 35.5. The Bertz CT molecular complexity index is 1390. The van der Waals surface area contributed by atoms with Crippen molar-refractivity contribution >= 4 is 51.1 Å². The lowest BCUT2D eigenvalue weighted by Crippen LogP contribution is -2.19. The number of benzene rings is 3. The van der Waals surface area contributed by atoms with Gasteiger partial charge >= 0.3 is 0 Å². The van der Waals surface area contributed by atoms with Gasteiger partial charge in [0, 0.05) is 40.9 Å². The minimum absolute atomic E-state index is 0.482. The summed E-state index contributed by atoms with van der Waals surface area (Å²) in [5, 5.41) is 14.0. The third-order valence-corrected chi connectivity index (χ3v) is 5.58. The van der Waals surface area contributed by atoms with E-state index in [0.29, 0.717) is 10.1 Å². The van der Waals surface area contributed by atoms with Crippen molar-refractivity contribution in [3.05, 3.63) is 102 Å². The van der Waals surface area contributed by atoms with Gasteiger partial charge in [-0.3, -0.25) is 4.98 Å². The smallest absolute Gasteiger partial charge is 0.175 e. The average molecular weight is 456 g/mol. The molecule has 5 aromatic rings. The van der Waals surface area contributed by atoms with Crippen LogP contribution in [0, 0.1) is 0 Å². The van der Waals surface area contributed by atoms with E-state index in [9.17, 15) is 0 Å². The number of hydrogen-bond acceptors (Lipinski definition) is 3. The van der Waals surface area contributed by atoms with E-state index < -0.39 is 0 Å². The SMILES string of the molecule is S=C(Nc1ccc(-n2cccn2)cc1)Nc1ccc(Cl)c(-c2nccc3ccccc23)c1. The number of aromatic nitrogens is 3. The quantitative estimate of drug-likeness (QED) is 0.301. The van der Waals surface area contributed by atoms with E-state index in [0.717, 1.165) is 39.1 Å². The van der Waals surface area contributed by atoms with Crippen LogP contribution in [-0.2, 0) is 0 Å². The van der Waals surface area contributed by atoms with Crippen LogP contribution in [0.5, 0.6) is 0 Å². The fourth-order valence-corrected chi connectivity index (χ4v) is 3.97. The standard InChI is InChI=1S/C25H18ClN5S/c26-23-11-8-19(16-22(23)24-21-5-2-1-4-17(21)12-14-27-24)30-25(32)29-18-6-9-20(10-7-18)31-15-3-13-28-31/h1-16H,(H2,29,30,32). The molecule has 0 saturated carbocycles. The van der Waals surface area contributed by atoms with E-state index in [1.165, 1.54) is 0 Å². The molecule has 0 radical (unpaired) electrons. The molecule has 0 amide bonds. The molecule has 2 aromatic heterocycles. The zero-order valence-electron chi connectivity index (χ0n) is 16.9. The van der Waals surface area contributed by atoms with Crippen molar-refractivity contribution in [1.29, 1.82) is 0 Å². The summed E-state index contributed by atoms with van der Waals surface area (Å²) in [4.78, 5) is 4.59. The van der Waals surface area contributed by atoms with Crippen LogP contribution < -0.4 is 10.6 Å². The number of fused-ring (bicyclic) bond motifs is 1. The molecule has 0 saturated heterocycles. The summed E-state index contributed by atoms with van der Waals surface area (Å²) < 4.78 is 1.80. The molecular formula is C25H18ClN5S. The van der Waals surface area contributed by atoms with E-state index in [4.69, 9.17) is 23.8 Å². The van der Waals surface area contributed by atoms with Crippen molar-refractivity contribution in [2.75, 3.05) is 10.6 Å². The number of halogens is 1. The lowest BCUT2D eigenvalue weighted by molar-refractivity contribution is 0.881. The lowest BCUT2D eigenvalue weighted by Gasteiger charge is -2.13. The fraction of sp³-hybridized carbons (Fsp3) is 0. The summed E-state index contributed by atoms with van der Waals surface area (Å²) in [7, 11) is 0. The van der Waals surface area contributed by atoms with Gasteiger partial charge in [0.2, 0.25) is 0 Å². The van der Waals surface area contributed by atoms with Gasteiger partial charge in [0.1, 0.15) is 0 Å². The van der Waals surface area contributed by atoms with Crippen LogP contribution in [0.4, 0.5) is 11.4 Å². The third kappa shape index (κ3) is 4.19. The monoisotopic (exact) mass is 455 g/mol. The summed E-state index contributed by atoms with van der Waals surface area (Å²) in [6.07, 6.45) is 5.45. The second-order valence-electron chi connectivity index (χ2n) is 7.15. The van der Waals surface area contributed by atoms with Crippen molar-refractivity contribution in [2.24, 2.45) is 0 Å². The average Bonchev–Trinajstić information content (AvgIpc) is 3.35. The summed E-state index contributed by atoms with van der Waals surface area (Å²) in [5.41, 5.74) is 4.36. The van der Waals surface area contributed by atoms with Crippen LogP contribution in [0.15, 0.2) is 97.5 Å². The van der Waals surface area contributed by atoms with Gasteiger partial charge < -0.3 is 10.6 Å². The molecule has 0 aliphatic carbocycles. The zero-order valence-corrected chi connectivity index (χ0v) is 18.4. The van der Waals surface area contributed by atoms with Crippen molar-refractivity contribution in [1.82, 2.24) is 14.8 Å². The molecule has 5 rings (SSSR count).